The molecule has 0 saturated heterocycles. The van der Waals surface area contributed by atoms with Gasteiger partial charge in [0.15, 0.2) is 0 Å². The number of carbonyl (C=O) groups is 2. The molecule has 1 heterocycles. The summed E-state index contributed by atoms with van der Waals surface area (Å²) in [5.41, 5.74) is -0.0335. The van der Waals surface area contributed by atoms with Gasteiger partial charge in [0.05, 0.1) is 17.3 Å². The fourth-order valence-corrected chi connectivity index (χ4v) is 3.58. The molecule has 0 radical (unpaired) electrons. The standard InChI is InChI=1S/C20H28N4O3/c1-19(2,3)27-18(26)21-14-20(10-6-7-11-20)23-17(25)13-24-16-9-5-4-8-15(16)12-22-24/h4-5,8-9,12H,6-7,10-11,13-14H2,1-3H3,(H,21,26)(H,23,25). The minimum absolute atomic E-state index is 0.100. The second-order valence-corrected chi connectivity index (χ2v) is 8.25. The number of hydrogen-bond donors (Lipinski definition) is 2. The van der Waals surface area contributed by atoms with Crippen molar-refractivity contribution in [2.75, 3.05) is 6.54 Å². The molecule has 0 aliphatic heterocycles. The third-order valence-electron chi connectivity index (χ3n) is 4.78. The predicted octanol–water partition coefficient (Wildman–Crippen LogP) is 2.99. The van der Waals surface area contributed by atoms with Gasteiger partial charge < -0.3 is 15.4 Å². The highest BCUT2D eigenvalue weighted by molar-refractivity contribution is 5.82. The Morgan fingerprint density at radius 3 is 2.63 bits per heavy atom. The van der Waals surface area contributed by atoms with Crippen molar-refractivity contribution < 1.29 is 14.3 Å². The van der Waals surface area contributed by atoms with Gasteiger partial charge in [0.2, 0.25) is 5.91 Å². The van der Waals surface area contributed by atoms with E-state index in [9.17, 15) is 9.59 Å². The number of rotatable bonds is 5. The smallest absolute Gasteiger partial charge is 0.407 e. The van der Waals surface area contributed by atoms with Gasteiger partial charge in [0, 0.05) is 11.9 Å². The van der Waals surface area contributed by atoms with Crippen molar-refractivity contribution in [2.45, 2.75) is 64.1 Å². The molecule has 146 valence electrons. The molecule has 2 amide bonds. The van der Waals surface area contributed by atoms with Crippen LogP contribution in [0.4, 0.5) is 4.79 Å². The molecule has 7 heteroatoms. The minimum Gasteiger partial charge on any atom is -0.444 e. The number of para-hydroxylation sites is 1. The van der Waals surface area contributed by atoms with Crippen molar-refractivity contribution in [3.63, 3.8) is 0 Å². The Hall–Kier alpha value is -2.57. The van der Waals surface area contributed by atoms with Crippen LogP contribution in [0.1, 0.15) is 46.5 Å². The summed E-state index contributed by atoms with van der Waals surface area (Å²) >= 11 is 0. The molecular formula is C20H28N4O3. The number of ether oxygens (including phenoxy) is 1. The van der Waals surface area contributed by atoms with Crippen LogP contribution >= 0.6 is 0 Å². The topological polar surface area (TPSA) is 85.3 Å². The van der Waals surface area contributed by atoms with Crippen LogP contribution in [0.15, 0.2) is 30.5 Å². The highest BCUT2D eigenvalue weighted by Gasteiger charge is 2.36. The molecular weight excluding hydrogens is 344 g/mol. The summed E-state index contributed by atoms with van der Waals surface area (Å²) in [6.45, 7) is 6.01. The summed E-state index contributed by atoms with van der Waals surface area (Å²) in [4.78, 5) is 24.7. The molecule has 2 aromatic rings. The number of carbonyl (C=O) groups excluding carboxylic acids is 2. The molecule has 1 saturated carbocycles. The number of fused-ring (bicyclic) bond motifs is 1. The van der Waals surface area contributed by atoms with E-state index in [4.69, 9.17) is 4.74 Å². The van der Waals surface area contributed by atoms with Gasteiger partial charge in [-0.05, 0) is 39.7 Å². The maximum absolute atomic E-state index is 12.7. The summed E-state index contributed by atoms with van der Waals surface area (Å²) in [6, 6.07) is 7.80. The molecule has 27 heavy (non-hydrogen) atoms. The molecule has 0 bridgehead atoms. The average molecular weight is 372 g/mol. The summed E-state index contributed by atoms with van der Waals surface area (Å²) in [6.07, 6.45) is 5.05. The van der Waals surface area contributed by atoms with E-state index >= 15 is 0 Å². The Kier molecular flexibility index (Phi) is 5.39. The van der Waals surface area contributed by atoms with Gasteiger partial charge in [-0.25, -0.2) is 4.79 Å². The molecule has 1 aromatic carbocycles. The van der Waals surface area contributed by atoms with Crippen molar-refractivity contribution in [1.82, 2.24) is 20.4 Å². The fraction of sp³-hybridized carbons (Fsp3) is 0.550. The van der Waals surface area contributed by atoms with Crippen molar-refractivity contribution >= 4 is 22.9 Å². The van der Waals surface area contributed by atoms with E-state index < -0.39 is 17.2 Å². The first kappa shape index (κ1) is 19.2. The van der Waals surface area contributed by atoms with Crippen LogP contribution < -0.4 is 10.6 Å². The maximum atomic E-state index is 12.7. The normalized spacial score (nSPS) is 16.3. The molecule has 3 rings (SSSR count). The number of alkyl carbamates (subject to hydrolysis) is 1. The van der Waals surface area contributed by atoms with Gasteiger partial charge in [-0.3, -0.25) is 9.48 Å². The van der Waals surface area contributed by atoms with Crippen LogP contribution in [0.2, 0.25) is 0 Å². The van der Waals surface area contributed by atoms with Gasteiger partial charge in [-0.1, -0.05) is 31.0 Å². The highest BCUT2D eigenvalue weighted by atomic mass is 16.6. The first-order valence-electron chi connectivity index (χ1n) is 9.45. The molecule has 0 spiro atoms. The summed E-state index contributed by atoms with van der Waals surface area (Å²) < 4.78 is 7.01. The van der Waals surface area contributed by atoms with E-state index in [-0.39, 0.29) is 12.5 Å². The van der Waals surface area contributed by atoms with Crippen molar-refractivity contribution in [3.8, 4) is 0 Å². The SMILES string of the molecule is CC(C)(C)OC(=O)NCC1(NC(=O)Cn2ncc3ccccc32)CCCC1. The number of hydrogen-bond acceptors (Lipinski definition) is 4. The van der Waals surface area contributed by atoms with Gasteiger partial charge in [-0.2, -0.15) is 5.10 Å². The summed E-state index contributed by atoms with van der Waals surface area (Å²) in [7, 11) is 0. The third-order valence-corrected chi connectivity index (χ3v) is 4.78. The van der Waals surface area contributed by atoms with Gasteiger partial charge >= 0.3 is 6.09 Å². The lowest BCUT2D eigenvalue weighted by Gasteiger charge is -2.31. The van der Waals surface area contributed by atoms with Gasteiger partial charge in [-0.15, -0.1) is 0 Å². The van der Waals surface area contributed by atoms with E-state index in [2.05, 4.69) is 15.7 Å². The number of aromatic nitrogens is 2. The number of benzene rings is 1. The Bertz CT molecular complexity index is 816. The van der Waals surface area contributed by atoms with E-state index in [0.717, 1.165) is 36.6 Å². The zero-order valence-electron chi connectivity index (χ0n) is 16.2. The second-order valence-electron chi connectivity index (χ2n) is 8.25. The van der Waals surface area contributed by atoms with Gasteiger partial charge in [0.1, 0.15) is 12.1 Å². The summed E-state index contributed by atoms with van der Waals surface area (Å²) in [5.74, 6) is -0.100. The fourth-order valence-electron chi connectivity index (χ4n) is 3.58. The molecule has 0 unspecified atom stereocenters. The first-order valence-corrected chi connectivity index (χ1v) is 9.45. The molecule has 1 aliphatic carbocycles. The Balaban J connectivity index is 1.61. The van der Waals surface area contributed by atoms with Crippen molar-refractivity contribution in [3.05, 3.63) is 30.5 Å². The van der Waals surface area contributed by atoms with E-state index in [1.165, 1.54) is 0 Å². The molecule has 1 aromatic heterocycles. The molecule has 7 nitrogen and oxygen atoms in total. The zero-order chi connectivity index (χ0) is 19.5. The van der Waals surface area contributed by atoms with Crippen LogP contribution in [0.25, 0.3) is 10.9 Å². The first-order chi connectivity index (χ1) is 12.8. The van der Waals surface area contributed by atoms with Crippen molar-refractivity contribution in [2.24, 2.45) is 0 Å². The average Bonchev–Trinajstić information content (AvgIpc) is 3.20. The van der Waals surface area contributed by atoms with Crippen LogP contribution in [-0.2, 0) is 16.1 Å². The van der Waals surface area contributed by atoms with E-state index in [0.29, 0.717) is 6.54 Å². The Morgan fingerprint density at radius 2 is 1.93 bits per heavy atom. The monoisotopic (exact) mass is 372 g/mol. The molecule has 0 atom stereocenters. The molecule has 1 fully saturated rings. The van der Waals surface area contributed by atoms with Crippen LogP contribution in [0, 0.1) is 0 Å². The van der Waals surface area contributed by atoms with E-state index in [1.54, 1.807) is 10.9 Å². The Labute approximate surface area is 159 Å². The lowest BCUT2D eigenvalue weighted by atomic mass is 9.97. The van der Waals surface area contributed by atoms with E-state index in [1.807, 2.05) is 45.0 Å². The molecule has 1 aliphatic rings. The van der Waals surface area contributed by atoms with Crippen molar-refractivity contribution in [1.29, 1.82) is 0 Å². The number of nitrogens with one attached hydrogen (secondary N) is 2. The Morgan fingerprint density at radius 1 is 1.22 bits per heavy atom. The largest absolute Gasteiger partial charge is 0.444 e. The minimum atomic E-state index is -0.544. The zero-order valence-corrected chi connectivity index (χ0v) is 16.2. The predicted molar refractivity (Wildman–Crippen MR) is 103 cm³/mol. The number of nitrogens with zero attached hydrogens (tertiary/aromatic N) is 2. The summed E-state index contributed by atoms with van der Waals surface area (Å²) in [5, 5.41) is 11.3. The molecule has 2 N–H and O–H groups in total. The highest BCUT2D eigenvalue weighted by Crippen LogP contribution is 2.29. The lowest BCUT2D eigenvalue weighted by molar-refractivity contribution is -0.123. The quantitative estimate of drug-likeness (QED) is 0.845. The second kappa shape index (κ2) is 7.58. The number of amides is 2. The maximum Gasteiger partial charge on any atom is 0.407 e. The van der Waals surface area contributed by atoms with Gasteiger partial charge in [0.25, 0.3) is 0 Å². The van der Waals surface area contributed by atoms with Crippen LogP contribution in [-0.4, -0.2) is 39.5 Å². The van der Waals surface area contributed by atoms with Crippen LogP contribution in [0.3, 0.4) is 0 Å². The third kappa shape index (κ3) is 4.99. The lowest BCUT2D eigenvalue weighted by Crippen LogP contribution is -2.55. The van der Waals surface area contributed by atoms with Crippen LogP contribution in [0.5, 0.6) is 0 Å².